The number of aliphatic hydroxyl groups is 1. The highest BCUT2D eigenvalue weighted by atomic mass is 35.5. The second-order valence-electron chi connectivity index (χ2n) is 6.89. The van der Waals surface area contributed by atoms with Crippen LogP contribution in [0.3, 0.4) is 0 Å². The molecule has 3 aromatic rings. The molecule has 1 atom stereocenters. The van der Waals surface area contributed by atoms with Crippen LogP contribution < -0.4 is 5.32 Å². The molecule has 166 valence electrons. The minimum atomic E-state index is -1.29. The van der Waals surface area contributed by atoms with Crippen molar-refractivity contribution >= 4 is 63.8 Å². The van der Waals surface area contributed by atoms with Gasteiger partial charge in [0, 0.05) is 29.1 Å². The number of rotatable bonds is 6. The number of likely N-dealkylation sites (N-methyl/N-ethyl adjacent to an activating group) is 1. The van der Waals surface area contributed by atoms with Gasteiger partial charge in [-0.1, -0.05) is 46.6 Å². The minimum absolute atomic E-state index is 0.0986. The van der Waals surface area contributed by atoms with Crippen molar-refractivity contribution in [1.29, 1.82) is 0 Å². The van der Waals surface area contributed by atoms with Crippen molar-refractivity contribution in [2.24, 2.45) is 0 Å². The maximum atomic E-state index is 12.8. The van der Waals surface area contributed by atoms with Gasteiger partial charge in [-0.3, -0.25) is 4.79 Å². The number of nitrogens with zero attached hydrogens (tertiary/aromatic N) is 2. The Labute approximate surface area is 201 Å². The first-order chi connectivity index (χ1) is 15.3. The molecule has 1 aliphatic heterocycles. The molecule has 1 amide bonds. The Morgan fingerprint density at radius 2 is 2.00 bits per heavy atom. The van der Waals surface area contributed by atoms with Crippen LogP contribution in [0.25, 0.3) is 5.76 Å². The van der Waals surface area contributed by atoms with Crippen LogP contribution in [0.15, 0.2) is 63.6 Å². The summed E-state index contributed by atoms with van der Waals surface area (Å²) in [6, 6.07) is 13.9. The molecule has 4 rings (SSSR count). The Morgan fingerprint density at radius 3 is 2.78 bits per heavy atom. The molecular formula is C21H17Cl2N3O4S2. The van der Waals surface area contributed by atoms with E-state index < -0.39 is 17.1 Å². The summed E-state index contributed by atoms with van der Waals surface area (Å²) in [5, 5.41) is 17.9. The lowest BCUT2D eigenvalue weighted by Gasteiger charge is -2.27. The van der Waals surface area contributed by atoms with E-state index in [0.717, 1.165) is 10.5 Å². The van der Waals surface area contributed by atoms with Gasteiger partial charge in [0.05, 0.1) is 10.0 Å². The molecule has 2 heterocycles. The van der Waals surface area contributed by atoms with Crippen molar-refractivity contribution < 1.29 is 19.0 Å². The van der Waals surface area contributed by atoms with Gasteiger partial charge in [0.15, 0.2) is 28.8 Å². The number of halogens is 2. The lowest BCUT2D eigenvalue weighted by molar-refractivity contribution is -0.113. The summed E-state index contributed by atoms with van der Waals surface area (Å²) in [7, 11) is 1.69. The highest BCUT2D eigenvalue weighted by Gasteiger charge is 2.29. The Kier molecular flexibility index (Phi) is 6.92. The van der Waals surface area contributed by atoms with E-state index in [1.54, 1.807) is 41.7 Å². The molecule has 0 saturated heterocycles. The fourth-order valence-corrected chi connectivity index (χ4v) is 5.49. The number of amides is 1. The van der Waals surface area contributed by atoms with Gasteiger partial charge in [0.1, 0.15) is 5.75 Å². The smallest absolute Gasteiger partial charge is 0.277 e. The van der Waals surface area contributed by atoms with E-state index in [9.17, 15) is 14.5 Å². The van der Waals surface area contributed by atoms with E-state index in [0.29, 0.717) is 21.4 Å². The molecule has 1 unspecified atom stereocenters. The van der Waals surface area contributed by atoms with Gasteiger partial charge in [-0.25, -0.2) is 0 Å². The van der Waals surface area contributed by atoms with Crippen molar-refractivity contribution in [2.45, 2.75) is 16.4 Å². The molecule has 0 fully saturated rings. The summed E-state index contributed by atoms with van der Waals surface area (Å²) in [6.07, 6.45) is 0. The number of fused-ring (bicyclic) bond motifs is 1. The normalized spacial score (nSPS) is 14.3. The van der Waals surface area contributed by atoms with E-state index in [1.807, 2.05) is 12.1 Å². The third kappa shape index (κ3) is 5.02. The molecule has 0 radical (unpaired) electrons. The second-order valence-corrected chi connectivity index (χ2v) is 10.3. The summed E-state index contributed by atoms with van der Waals surface area (Å²) in [6.45, 7) is 0. The van der Waals surface area contributed by atoms with E-state index >= 15 is 0 Å². The quantitative estimate of drug-likeness (QED) is 0.345. The van der Waals surface area contributed by atoms with E-state index in [2.05, 4.69) is 10.5 Å². The van der Waals surface area contributed by atoms with Crippen LogP contribution in [0.5, 0.6) is 0 Å². The van der Waals surface area contributed by atoms with Crippen LogP contribution in [0, 0.1) is 0 Å². The third-order valence-electron chi connectivity index (χ3n) is 4.55. The molecule has 1 aromatic heterocycles. The van der Waals surface area contributed by atoms with Crippen molar-refractivity contribution in [3.63, 3.8) is 0 Å². The van der Waals surface area contributed by atoms with Crippen LogP contribution in [0.1, 0.15) is 16.9 Å². The number of hydrogen-bond acceptors (Lipinski definition) is 7. The van der Waals surface area contributed by atoms with Gasteiger partial charge >= 0.3 is 0 Å². The number of anilines is 1. The van der Waals surface area contributed by atoms with Gasteiger partial charge in [-0.05, 0) is 47.4 Å². The highest BCUT2D eigenvalue weighted by molar-refractivity contribution is 7.97. The summed E-state index contributed by atoms with van der Waals surface area (Å²) in [4.78, 5) is 13.6. The Balaban J connectivity index is 1.41. The van der Waals surface area contributed by atoms with Gasteiger partial charge in [-0.15, -0.1) is 0 Å². The molecule has 2 aromatic carbocycles. The maximum Gasteiger partial charge on any atom is 0.277 e. The second kappa shape index (κ2) is 9.68. The van der Waals surface area contributed by atoms with Crippen molar-refractivity contribution in [3.8, 4) is 0 Å². The zero-order valence-corrected chi connectivity index (χ0v) is 19.8. The molecule has 0 aliphatic carbocycles. The minimum Gasteiger partial charge on any atom is -0.616 e. The largest absolute Gasteiger partial charge is 0.616 e. The molecule has 7 nitrogen and oxygen atoms in total. The lowest BCUT2D eigenvalue weighted by Crippen LogP contribution is -2.27. The number of aromatic nitrogens is 1. The summed E-state index contributed by atoms with van der Waals surface area (Å²) < 4.78 is 19.3. The zero-order valence-electron chi connectivity index (χ0n) is 16.7. The number of aliphatic hydroxyl groups excluding tert-OH is 1. The predicted octanol–water partition coefficient (Wildman–Crippen LogP) is 5.25. The predicted molar refractivity (Wildman–Crippen MR) is 127 cm³/mol. The molecular weight excluding hydrogens is 493 g/mol. The third-order valence-corrected chi connectivity index (χ3v) is 7.56. The average Bonchev–Trinajstić information content (AvgIpc) is 3.17. The summed E-state index contributed by atoms with van der Waals surface area (Å²) >= 11 is 11.9. The summed E-state index contributed by atoms with van der Waals surface area (Å²) in [5.74, 6) is 0.235. The van der Waals surface area contributed by atoms with E-state index in [4.69, 9.17) is 27.7 Å². The van der Waals surface area contributed by atoms with Gasteiger partial charge < -0.3 is 23.8 Å². The van der Waals surface area contributed by atoms with Crippen molar-refractivity contribution in [2.75, 3.05) is 12.4 Å². The van der Waals surface area contributed by atoms with E-state index in [1.165, 1.54) is 18.0 Å². The number of carbonyl (C=O) groups is 1. The molecule has 1 aliphatic rings. The monoisotopic (exact) mass is 509 g/mol. The number of benzene rings is 2. The van der Waals surface area contributed by atoms with Crippen LogP contribution in [-0.4, -0.2) is 32.1 Å². The number of carbonyl (C=O) groups excluding carboxylic acids is 1. The molecule has 32 heavy (non-hydrogen) atoms. The Bertz CT molecular complexity index is 1200. The topological polar surface area (TPSA) is 102 Å². The highest BCUT2D eigenvalue weighted by Crippen LogP contribution is 2.38. The molecule has 0 saturated carbocycles. The van der Waals surface area contributed by atoms with Crippen molar-refractivity contribution in [1.82, 2.24) is 9.46 Å². The first-order valence-corrected chi connectivity index (χ1v) is 12.3. The fourth-order valence-electron chi connectivity index (χ4n) is 3.10. The molecule has 11 heteroatoms. The SMILES string of the molecule is CN1Sc2ccccc2C(O)=C1C(=O)Nc1cc(C[S+]([O-])Cc2ccc(Cl)c(Cl)c2)on1. The molecule has 0 spiro atoms. The van der Waals surface area contributed by atoms with Gasteiger partial charge in [0.25, 0.3) is 5.91 Å². The lowest BCUT2D eigenvalue weighted by atomic mass is 10.1. The Morgan fingerprint density at radius 1 is 1.22 bits per heavy atom. The standard InChI is InChI=1S/C21H17Cl2N3O4S2/c1-26-19(20(27)14-4-2-3-5-17(14)31-26)21(28)24-18-9-13(30-25-18)11-32(29)10-12-6-7-15(22)16(23)8-12/h2-9,27H,10-11H2,1H3,(H,24,25,28). The average molecular weight is 510 g/mol. The first kappa shape index (κ1) is 22.9. The summed E-state index contributed by atoms with van der Waals surface area (Å²) in [5.41, 5.74) is 1.46. The molecule has 0 bridgehead atoms. The maximum absolute atomic E-state index is 12.8. The fraction of sp³-hybridized carbons (Fsp3) is 0.143. The first-order valence-electron chi connectivity index (χ1n) is 9.32. The van der Waals surface area contributed by atoms with Crippen molar-refractivity contribution in [3.05, 3.63) is 81.2 Å². The number of hydrogen-bond donors (Lipinski definition) is 2. The number of nitrogens with one attached hydrogen (secondary N) is 1. The van der Waals surface area contributed by atoms with Crippen LogP contribution in [0.2, 0.25) is 10.0 Å². The van der Waals surface area contributed by atoms with Crippen LogP contribution in [-0.2, 0) is 27.5 Å². The zero-order chi connectivity index (χ0) is 22.8. The van der Waals surface area contributed by atoms with Crippen LogP contribution in [0.4, 0.5) is 5.82 Å². The Hall–Kier alpha value is -2.30. The van der Waals surface area contributed by atoms with Gasteiger partial charge in [0.2, 0.25) is 0 Å². The van der Waals surface area contributed by atoms with Crippen LogP contribution >= 0.6 is 35.1 Å². The van der Waals surface area contributed by atoms with Gasteiger partial charge in [-0.2, -0.15) is 0 Å². The van der Waals surface area contributed by atoms with E-state index in [-0.39, 0.29) is 28.8 Å². The molecule has 2 N–H and O–H groups in total.